The summed E-state index contributed by atoms with van der Waals surface area (Å²) in [5, 5.41) is 14.3. The van der Waals surface area contributed by atoms with Gasteiger partial charge in [-0.3, -0.25) is 14.2 Å². The Morgan fingerprint density at radius 3 is 2.74 bits per heavy atom. The normalized spacial score (nSPS) is 15.0. The number of benzene rings is 2. The molecule has 2 aromatic heterocycles. The lowest BCUT2D eigenvalue weighted by atomic mass is 9.99. The average Bonchev–Trinajstić information content (AvgIpc) is 3.52. The summed E-state index contributed by atoms with van der Waals surface area (Å²) in [6.45, 7) is 1.85. The summed E-state index contributed by atoms with van der Waals surface area (Å²) in [6.07, 6.45) is 0. The summed E-state index contributed by atoms with van der Waals surface area (Å²) in [5.41, 5.74) is 3.19. The quantitative estimate of drug-likeness (QED) is 0.332. The number of nitrogens with one attached hydrogen (secondary N) is 1. The molecule has 0 bridgehead atoms. The van der Waals surface area contributed by atoms with Gasteiger partial charge < -0.3 is 5.32 Å². The maximum Gasteiger partial charge on any atom is 0.231 e. The van der Waals surface area contributed by atoms with Crippen molar-refractivity contribution in [3.63, 3.8) is 0 Å². The van der Waals surface area contributed by atoms with Gasteiger partial charge in [0.15, 0.2) is 16.8 Å². The van der Waals surface area contributed by atoms with E-state index in [4.69, 9.17) is 0 Å². The summed E-state index contributed by atoms with van der Waals surface area (Å²) in [6, 6.07) is 19.3. The number of thioether (sulfide) groups is 1. The first-order valence-electron chi connectivity index (χ1n) is 9.77. The molecule has 0 aliphatic carbocycles. The van der Waals surface area contributed by atoms with Gasteiger partial charge in [0.1, 0.15) is 0 Å². The molecule has 0 saturated carbocycles. The predicted octanol–water partition coefficient (Wildman–Crippen LogP) is 5.03. The molecule has 154 valence electrons. The monoisotopic (exact) mass is 446 g/mol. The van der Waals surface area contributed by atoms with E-state index in [0.29, 0.717) is 10.7 Å². The van der Waals surface area contributed by atoms with E-state index in [9.17, 15) is 9.59 Å². The van der Waals surface area contributed by atoms with Crippen molar-refractivity contribution in [3.8, 4) is 16.4 Å². The van der Waals surface area contributed by atoms with Gasteiger partial charge in [0.05, 0.1) is 16.5 Å². The van der Waals surface area contributed by atoms with Crippen LogP contribution >= 0.6 is 23.1 Å². The number of carbonyl (C=O) groups is 2. The van der Waals surface area contributed by atoms with Gasteiger partial charge in [-0.15, -0.1) is 21.5 Å². The second-order valence-electron chi connectivity index (χ2n) is 7.18. The molecule has 1 aliphatic rings. The molecule has 0 spiro atoms. The van der Waals surface area contributed by atoms with Crippen LogP contribution in [0, 0.1) is 0 Å². The van der Waals surface area contributed by atoms with Gasteiger partial charge in [0, 0.05) is 16.9 Å². The zero-order valence-electron chi connectivity index (χ0n) is 16.6. The highest BCUT2D eigenvalue weighted by Gasteiger charge is 2.27. The maximum atomic E-state index is 12.9. The molecule has 0 unspecified atom stereocenters. The fourth-order valence-corrected chi connectivity index (χ4v) is 5.09. The van der Waals surface area contributed by atoms with E-state index in [2.05, 4.69) is 15.5 Å². The molecule has 0 saturated heterocycles. The Hall–Kier alpha value is -3.23. The first-order chi connectivity index (χ1) is 15.1. The van der Waals surface area contributed by atoms with Crippen LogP contribution in [0.5, 0.6) is 0 Å². The molecule has 3 heterocycles. The van der Waals surface area contributed by atoms with E-state index in [1.807, 2.05) is 65.4 Å². The first kappa shape index (κ1) is 19.7. The summed E-state index contributed by atoms with van der Waals surface area (Å²) >= 11 is 2.96. The number of para-hydroxylation sites is 1. The predicted molar refractivity (Wildman–Crippen MR) is 123 cm³/mol. The Labute approximate surface area is 187 Å². The molecular formula is C23H18N4O2S2. The lowest BCUT2D eigenvalue weighted by Gasteiger charge is -2.09. The number of anilines is 1. The minimum absolute atomic E-state index is 0.0142. The van der Waals surface area contributed by atoms with Crippen LogP contribution in [0.25, 0.3) is 16.4 Å². The van der Waals surface area contributed by atoms with Gasteiger partial charge in [-0.2, -0.15) is 0 Å². The number of aromatic nitrogens is 3. The molecular weight excluding hydrogens is 428 g/mol. The Balaban J connectivity index is 1.41. The zero-order valence-corrected chi connectivity index (χ0v) is 18.2. The van der Waals surface area contributed by atoms with Crippen LogP contribution in [0.1, 0.15) is 28.8 Å². The topological polar surface area (TPSA) is 76.9 Å². The number of thiophene rings is 1. The first-order valence-corrected chi connectivity index (χ1v) is 11.6. The van der Waals surface area contributed by atoms with Gasteiger partial charge in [-0.05, 0) is 54.3 Å². The van der Waals surface area contributed by atoms with Crippen molar-refractivity contribution >= 4 is 40.5 Å². The number of nitrogens with zero attached hydrogens (tertiary/aromatic N) is 3. The largest absolute Gasteiger partial charge is 0.325 e. The van der Waals surface area contributed by atoms with Crippen LogP contribution in [-0.4, -0.2) is 32.2 Å². The fourth-order valence-electron chi connectivity index (χ4n) is 3.54. The smallest absolute Gasteiger partial charge is 0.231 e. The van der Waals surface area contributed by atoms with Crippen LogP contribution in [0.2, 0.25) is 0 Å². The molecule has 1 N–H and O–H groups in total. The molecule has 1 atom stereocenters. The van der Waals surface area contributed by atoms with Crippen molar-refractivity contribution in [3.05, 3.63) is 77.2 Å². The fraction of sp³-hybridized carbons (Fsp3) is 0.130. The summed E-state index contributed by atoms with van der Waals surface area (Å²) in [5.74, 6) is 0.687. The van der Waals surface area contributed by atoms with E-state index in [-0.39, 0.29) is 23.4 Å². The third-order valence-electron chi connectivity index (χ3n) is 5.21. The van der Waals surface area contributed by atoms with Crippen molar-refractivity contribution in [1.29, 1.82) is 0 Å². The van der Waals surface area contributed by atoms with E-state index < -0.39 is 0 Å². The highest BCUT2D eigenvalue weighted by atomic mass is 32.2. The van der Waals surface area contributed by atoms with Crippen LogP contribution in [0.3, 0.4) is 0 Å². The third-order valence-corrected chi connectivity index (χ3v) is 7.01. The Kier molecular flexibility index (Phi) is 5.17. The molecule has 31 heavy (non-hydrogen) atoms. The van der Waals surface area contributed by atoms with Crippen molar-refractivity contribution in [1.82, 2.24) is 14.8 Å². The van der Waals surface area contributed by atoms with Crippen molar-refractivity contribution in [2.24, 2.45) is 0 Å². The molecule has 0 fully saturated rings. The number of hydrogen-bond donors (Lipinski definition) is 1. The number of rotatable bonds is 6. The van der Waals surface area contributed by atoms with Gasteiger partial charge in [-0.25, -0.2) is 0 Å². The molecule has 4 aromatic rings. The van der Waals surface area contributed by atoms with E-state index >= 15 is 0 Å². The van der Waals surface area contributed by atoms with Crippen molar-refractivity contribution in [2.75, 3.05) is 11.1 Å². The van der Waals surface area contributed by atoms with Crippen molar-refractivity contribution < 1.29 is 9.59 Å². The van der Waals surface area contributed by atoms with Crippen LogP contribution < -0.4 is 5.32 Å². The molecule has 5 rings (SSSR count). The number of ketones is 1. The molecule has 6 nitrogen and oxygen atoms in total. The van der Waals surface area contributed by atoms with E-state index in [0.717, 1.165) is 27.6 Å². The minimum atomic E-state index is -0.245. The minimum Gasteiger partial charge on any atom is -0.325 e. The number of amides is 1. The van der Waals surface area contributed by atoms with Crippen LogP contribution in [0.15, 0.2) is 71.2 Å². The standard InChI is InChI=1S/C23H18N4O2S2/c1-14-17-12-15(9-10-18(17)24-22(14)29)19(28)13-31-23-26-25-21(20-8-5-11-30-20)27(23)16-6-3-2-4-7-16/h2-12,14H,13H2,1H3,(H,24,29)/t14-/m0/s1. The highest BCUT2D eigenvalue weighted by molar-refractivity contribution is 7.99. The van der Waals surface area contributed by atoms with Gasteiger partial charge >= 0.3 is 0 Å². The Morgan fingerprint density at radius 1 is 1.13 bits per heavy atom. The van der Waals surface area contributed by atoms with Crippen LogP contribution in [0.4, 0.5) is 5.69 Å². The van der Waals surface area contributed by atoms with Gasteiger partial charge in [-0.1, -0.05) is 36.0 Å². The van der Waals surface area contributed by atoms with E-state index in [1.54, 1.807) is 23.5 Å². The molecule has 2 aromatic carbocycles. The molecule has 8 heteroatoms. The van der Waals surface area contributed by atoms with Crippen molar-refractivity contribution in [2.45, 2.75) is 18.0 Å². The number of Topliss-reactive ketones (excluding diaryl/α,β-unsaturated/α-hetero) is 1. The van der Waals surface area contributed by atoms with Gasteiger partial charge in [0.2, 0.25) is 5.91 Å². The Bertz CT molecular complexity index is 1270. The summed E-state index contributed by atoms with van der Waals surface area (Å²) in [7, 11) is 0. The number of carbonyl (C=O) groups excluding carboxylic acids is 2. The summed E-state index contributed by atoms with van der Waals surface area (Å²) in [4.78, 5) is 25.8. The third kappa shape index (κ3) is 3.68. The Morgan fingerprint density at radius 2 is 1.97 bits per heavy atom. The second kappa shape index (κ2) is 8.13. The van der Waals surface area contributed by atoms with Gasteiger partial charge in [0.25, 0.3) is 0 Å². The second-order valence-corrected chi connectivity index (χ2v) is 9.07. The average molecular weight is 447 g/mol. The van der Waals surface area contributed by atoms with E-state index in [1.165, 1.54) is 11.8 Å². The molecule has 1 aliphatic heterocycles. The number of fused-ring (bicyclic) bond motifs is 1. The highest BCUT2D eigenvalue weighted by Crippen LogP contribution is 2.34. The number of hydrogen-bond acceptors (Lipinski definition) is 6. The lowest BCUT2D eigenvalue weighted by Crippen LogP contribution is -2.08. The zero-order chi connectivity index (χ0) is 21.4. The molecule has 0 radical (unpaired) electrons. The maximum absolute atomic E-state index is 12.9. The SMILES string of the molecule is C[C@@H]1C(=O)Nc2ccc(C(=O)CSc3nnc(-c4cccs4)n3-c3ccccc3)cc21. The summed E-state index contributed by atoms with van der Waals surface area (Å²) < 4.78 is 1.98. The van der Waals surface area contributed by atoms with Crippen LogP contribution in [-0.2, 0) is 4.79 Å². The molecule has 1 amide bonds. The lowest BCUT2D eigenvalue weighted by molar-refractivity contribution is -0.116.